The molecule has 0 spiro atoms. The van der Waals surface area contributed by atoms with E-state index in [1.165, 1.54) is 0 Å². The summed E-state index contributed by atoms with van der Waals surface area (Å²) in [6, 6.07) is 0.379. The number of nitrogens with one attached hydrogen (secondary N) is 1. The number of morpholine rings is 1. The summed E-state index contributed by atoms with van der Waals surface area (Å²) < 4.78 is 7.57. The Labute approximate surface area is 96.2 Å². The van der Waals surface area contributed by atoms with E-state index in [9.17, 15) is 0 Å². The third-order valence-corrected chi connectivity index (χ3v) is 2.68. The zero-order chi connectivity index (χ0) is 11.4. The van der Waals surface area contributed by atoms with Gasteiger partial charge in [-0.15, -0.1) is 10.2 Å². The zero-order valence-electron chi connectivity index (χ0n) is 10.0. The van der Waals surface area contributed by atoms with E-state index in [1.54, 1.807) is 0 Å². The molecule has 0 bridgehead atoms. The van der Waals surface area contributed by atoms with E-state index in [1.807, 2.05) is 6.33 Å². The number of aromatic nitrogens is 3. The number of nitrogens with zero attached hydrogens (tertiary/aromatic N) is 3. The molecule has 16 heavy (non-hydrogen) atoms. The number of rotatable bonds is 4. The summed E-state index contributed by atoms with van der Waals surface area (Å²) >= 11 is 0. The van der Waals surface area contributed by atoms with Crippen LogP contribution in [0.3, 0.4) is 0 Å². The van der Waals surface area contributed by atoms with Crippen molar-refractivity contribution in [3.8, 4) is 0 Å². The molecule has 1 aromatic heterocycles. The Hall–Kier alpha value is -0.940. The summed E-state index contributed by atoms with van der Waals surface area (Å²) in [6.07, 6.45) is 2.71. The van der Waals surface area contributed by atoms with Gasteiger partial charge in [0.05, 0.1) is 13.2 Å². The summed E-state index contributed by atoms with van der Waals surface area (Å²) in [6.45, 7) is 7.90. The lowest BCUT2D eigenvalue weighted by Crippen LogP contribution is -2.43. The summed E-state index contributed by atoms with van der Waals surface area (Å²) in [4.78, 5) is 0. The minimum atomic E-state index is 0.379. The molecule has 90 valence electrons. The first-order valence-electron chi connectivity index (χ1n) is 5.93. The van der Waals surface area contributed by atoms with Crippen molar-refractivity contribution in [2.75, 3.05) is 19.8 Å². The molecule has 0 saturated carbocycles. The van der Waals surface area contributed by atoms with Gasteiger partial charge < -0.3 is 14.6 Å². The second kappa shape index (κ2) is 5.41. The van der Waals surface area contributed by atoms with Crippen LogP contribution in [-0.4, -0.2) is 40.6 Å². The molecule has 1 unspecified atom stereocenters. The lowest BCUT2D eigenvalue weighted by molar-refractivity contribution is 0.0760. The van der Waals surface area contributed by atoms with Crippen LogP contribution in [0.25, 0.3) is 0 Å². The molecule has 1 saturated heterocycles. The van der Waals surface area contributed by atoms with Gasteiger partial charge in [0.2, 0.25) is 0 Å². The van der Waals surface area contributed by atoms with Crippen LogP contribution in [0.1, 0.15) is 19.7 Å². The number of hydrogen-bond donors (Lipinski definition) is 1. The third kappa shape index (κ3) is 3.02. The Morgan fingerprint density at radius 3 is 3.19 bits per heavy atom. The lowest BCUT2D eigenvalue weighted by atomic mass is 10.1. The monoisotopic (exact) mass is 224 g/mol. The summed E-state index contributed by atoms with van der Waals surface area (Å²) in [5.74, 6) is 1.67. The molecule has 1 aliphatic heterocycles. The molecule has 1 fully saturated rings. The molecule has 1 aliphatic rings. The Balaban J connectivity index is 1.94. The van der Waals surface area contributed by atoms with E-state index >= 15 is 0 Å². The van der Waals surface area contributed by atoms with Gasteiger partial charge in [-0.05, 0) is 5.92 Å². The molecule has 2 heterocycles. The van der Waals surface area contributed by atoms with Crippen LogP contribution < -0.4 is 5.32 Å². The normalized spacial score (nSPS) is 21.6. The number of ether oxygens (including phenoxy) is 1. The first-order chi connectivity index (χ1) is 7.75. The molecule has 0 aromatic carbocycles. The summed E-state index contributed by atoms with van der Waals surface area (Å²) in [5.41, 5.74) is 0. The predicted octanol–water partition coefficient (Wildman–Crippen LogP) is 0.465. The van der Waals surface area contributed by atoms with Gasteiger partial charge in [0, 0.05) is 25.6 Å². The van der Waals surface area contributed by atoms with Crippen LogP contribution in [-0.2, 0) is 17.7 Å². The van der Waals surface area contributed by atoms with Crippen LogP contribution >= 0.6 is 0 Å². The second-order valence-corrected chi connectivity index (χ2v) is 4.72. The van der Waals surface area contributed by atoms with Gasteiger partial charge in [-0.1, -0.05) is 13.8 Å². The molecular weight excluding hydrogens is 204 g/mol. The van der Waals surface area contributed by atoms with Gasteiger partial charge in [0.15, 0.2) is 0 Å². The van der Waals surface area contributed by atoms with Crippen molar-refractivity contribution in [1.29, 1.82) is 0 Å². The molecule has 5 heteroatoms. The highest BCUT2D eigenvalue weighted by molar-refractivity contribution is 4.91. The third-order valence-electron chi connectivity index (χ3n) is 2.68. The van der Waals surface area contributed by atoms with Crippen LogP contribution in [0, 0.1) is 5.92 Å². The van der Waals surface area contributed by atoms with Gasteiger partial charge >= 0.3 is 0 Å². The Morgan fingerprint density at radius 1 is 1.62 bits per heavy atom. The molecule has 5 nitrogen and oxygen atoms in total. The molecule has 1 atom stereocenters. The smallest absolute Gasteiger partial charge is 0.134 e. The first-order valence-corrected chi connectivity index (χ1v) is 5.93. The van der Waals surface area contributed by atoms with Crippen LogP contribution in [0.15, 0.2) is 6.33 Å². The first kappa shape index (κ1) is 11.5. The maximum Gasteiger partial charge on any atom is 0.134 e. The highest BCUT2D eigenvalue weighted by Gasteiger charge is 2.16. The SMILES string of the molecule is CC(C)Cn1cnnc1CC1COCCN1. The van der Waals surface area contributed by atoms with Gasteiger partial charge in [0.25, 0.3) is 0 Å². The fourth-order valence-corrected chi connectivity index (χ4v) is 1.95. The second-order valence-electron chi connectivity index (χ2n) is 4.72. The maximum atomic E-state index is 5.43. The molecular formula is C11H20N4O. The highest BCUT2D eigenvalue weighted by Crippen LogP contribution is 2.06. The van der Waals surface area contributed by atoms with Crippen molar-refractivity contribution in [3.63, 3.8) is 0 Å². The fourth-order valence-electron chi connectivity index (χ4n) is 1.95. The molecule has 0 amide bonds. The van der Waals surface area contributed by atoms with E-state index in [-0.39, 0.29) is 0 Å². The van der Waals surface area contributed by atoms with Crippen LogP contribution in [0.2, 0.25) is 0 Å². The van der Waals surface area contributed by atoms with Crippen molar-refractivity contribution >= 4 is 0 Å². The van der Waals surface area contributed by atoms with E-state index in [2.05, 4.69) is 33.9 Å². The largest absolute Gasteiger partial charge is 0.379 e. The van der Waals surface area contributed by atoms with E-state index in [4.69, 9.17) is 4.74 Å². The standard InChI is InChI=1S/C11H20N4O/c1-9(2)6-15-8-13-14-11(15)5-10-7-16-4-3-12-10/h8-10,12H,3-7H2,1-2H3. The minimum absolute atomic E-state index is 0.379. The molecule has 2 rings (SSSR count). The summed E-state index contributed by atoms with van der Waals surface area (Å²) in [5, 5.41) is 11.6. The maximum absolute atomic E-state index is 5.43. The van der Waals surface area contributed by atoms with E-state index < -0.39 is 0 Å². The predicted molar refractivity (Wildman–Crippen MR) is 61.2 cm³/mol. The summed E-state index contributed by atoms with van der Waals surface area (Å²) in [7, 11) is 0. The molecule has 1 N–H and O–H groups in total. The van der Waals surface area contributed by atoms with Crippen molar-refractivity contribution < 1.29 is 4.74 Å². The van der Waals surface area contributed by atoms with Gasteiger partial charge in [-0.3, -0.25) is 0 Å². The van der Waals surface area contributed by atoms with Crippen LogP contribution in [0.4, 0.5) is 0 Å². The van der Waals surface area contributed by atoms with Gasteiger partial charge in [0.1, 0.15) is 12.2 Å². The number of hydrogen-bond acceptors (Lipinski definition) is 4. The van der Waals surface area contributed by atoms with Crippen molar-refractivity contribution in [3.05, 3.63) is 12.2 Å². The molecule has 0 aliphatic carbocycles. The van der Waals surface area contributed by atoms with Gasteiger partial charge in [-0.25, -0.2) is 0 Å². The van der Waals surface area contributed by atoms with E-state index in [0.717, 1.165) is 38.5 Å². The average molecular weight is 224 g/mol. The quantitative estimate of drug-likeness (QED) is 0.807. The van der Waals surface area contributed by atoms with Crippen molar-refractivity contribution in [1.82, 2.24) is 20.1 Å². The Morgan fingerprint density at radius 2 is 2.50 bits per heavy atom. The Kier molecular flexibility index (Phi) is 3.90. The fraction of sp³-hybridized carbons (Fsp3) is 0.818. The highest BCUT2D eigenvalue weighted by atomic mass is 16.5. The molecule has 1 aromatic rings. The lowest BCUT2D eigenvalue weighted by Gasteiger charge is -2.23. The molecule has 0 radical (unpaired) electrons. The van der Waals surface area contributed by atoms with E-state index in [0.29, 0.717) is 12.0 Å². The van der Waals surface area contributed by atoms with Crippen LogP contribution in [0.5, 0.6) is 0 Å². The topological polar surface area (TPSA) is 52.0 Å². The van der Waals surface area contributed by atoms with Crippen molar-refractivity contribution in [2.24, 2.45) is 5.92 Å². The Bertz CT molecular complexity index is 318. The van der Waals surface area contributed by atoms with Gasteiger partial charge in [-0.2, -0.15) is 0 Å². The van der Waals surface area contributed by atoms with Crippen molar-refractivity contribution in [2.45, 2.75) is 32.9 Å². The average Bonchev–Trinajstić information content (AvgIpc) is 2.66. The zero-order valence-corrected chi connectivity index (χ0v) is 10.0. The minimum Gasteiger partial charge on any atom is -0.379 e.